The first kappa shape index (κ1) is 22.8. The zero-order valence-electron chi connectivity index (χ0n) is 20.2. The van der Waals surface area contributed by atoms with E-state index in [1.54, 1.807) is 19.2 Å². The Morgan fingerprint density at radius 3 is 2.44 bits per heavy atom. The van der Waals surface area contributed by atoms with Crippen LogP contribution in [0.2, 0.25) is 0 Å². The molecular formula is C28H31N3O2S. The summed E-state index contributed by atoms with van der Waals surface area (Å²) in [7, 11) is 0. The summed E-state index contributed by atoms with van der Waals surface area (Å²) in [6.45, 7) is 8.70. The number of hydrogen-bond donors (Lipinski definition) is 0. The number of amides is 1. The van der Waals surface area contributed by atoms with Crippen molar-refractivity contribution in [1.82, 2.24) is 9.58 Å². The van der Waals surface area contributed by atoms with Gasteiger partial charge in [-0.1, -0.05) is 63.2 Å². The minimum atomic E-state index is -0.101. The summed E-state index contributed by atoms with van der Waals surface area (Å²) < 4.78 is 1.94. The van der Waals surface area contributed by atoms with Crippen LogP contribution in [0.5, 0.6) is 0 Å². The van der Waals surface area contributed by atoms with Crippen molar-refractivity contribution in [3.63, 3.8) is 0 Å². The molecule has 5 rings (SSSR count). The molecule has 6 heteroatoms. The fourth-order valence-electron chi connectivity index (χ4n) is 5.45. The number of carbonyl (C=O) groups is 1. The van der Waals surface area contributed by atoms with Gasteiger partial charge in [0.15, 0.2) is 5.43 Å². The van der Waals surface area contributed by atoms with Crippen LogP contribution >= 0.6 is 11.8 Å². The molecule has 3 heterocycles. The van der Waals surface area contributed by atoms with E-state index >= 15 is 0 Å². The number of hydrogen-bond acceptors (Lipinski definition) is 4. The lowest BCUT2D eigenvalue weighted by Gasteiger charge is -2.47. The molecule has 34 heavy (non-hydrogen) atoms. The van der Waals surface area contributed by atoms with Gasteiger partial charge < -0.3 is 4.90 Å². The Morgan fingerprint density at radius 1 is 1.00 bits per heavy atom. The van der Waals surface area contributed by atoms with E-state index in [4.69, 9.17) is 0 Å². The zero-order chi connectivity index (χ0) is 24.0. The first-order valence-corrected chi connectivity index (χ1v) is 13.0. The van der Waals surface area contributed by atoms with E-state index in [0.29, 0.717) is 23.8 Å². The topological polar surface area (TPSA) is 45.5 Å². The Labute approximate surface area is 205 Å². The second kappa shape index (κ2) is 8.99. The maximum atomic E-state index is 13.8. The highest BCUT2D eigenvalue weighted by molar-refractivity contribution is 7.98. The van der Waals surface area contributed by atoms with Crippen LogP contribution in [0.25, 0.3) is 0 Å². The molecule has 3 aromatic rings. The number of benzene rings is 2. The number of pyridine rings is 1. The van der Waals surface area contributed by atoms with Crippen molar-refractivity contribution in [2.45, 2.75) is 56.8 Å². The molecule has 2 atom stereocenters. The van der Waals surface area contributed by atoms with Crippen LogP contribution in [-0.4, -0.2) is 28.2 Å². The van der Waals surface area contributed by atoms with Crippen molar-refractivity contribution in [1.29, 1.82) is 0 Å². The molecule has 0 saturated heterocycles. The molecule has 0 saturated carbocycles. The maximum Gasteiger partial charge on any atom is 0.274 e. The molecule has 1 aromatic heterocycles. The summed E-state index contributed by atoms with van der Waals surface area (Å²) in [6.07, 6.45) is 2.64. The number of carbonyl (C=O) groups excluding carboxylic acids is 1. The molecule has 0 aliphatic carbocycles. The Balaban J connectivity index is 1.77. The lowest BCUT2D eigenvalue weighted by atomic mass is 9.93. The molecule has 2 aliphatic heterocycles. The van der Waals surface area contributed by atoms with Crippen molar-refractivity contribution < 1.29 is 4.79 Å². The maximum absolute atomic E-state index is 13.8. The van der Waals surface area contributed by atoms with Crippen LogP contribution in [0.4, 0.5) is 0 Å². The van der Waals surface area contributed by atoms with E-state index in [2.05, 4.69) is 74.3 Å². The van der Waals surface area contributed by atoms with E-state index in [1.165, 1.54) is 21.6 Å². The third-order valence-electron chi connectivity index (χ3n) is 7.19. The Morgan fingerprint density at radius 2 is 1.71 bits per heavy atom. The van der Waals surface area contributed by atoms with E-state index in [0.717, 1.165) is 12.2 Å². The standard InChI is InChI=1S/C28H31N3O2S/c1-5-23(18(2)3)29-17-31(30-15-14-24(32)19(4)26(30)28(29)33)27-21-11-7-6-10-20(21)16-34-25-13-9-8-12-22(25)27/h6-15,18,23,27H,5,16-17H2,1-4H3/t23-,27?/m0/s1. The molecule has 1 amide bonds. The Hall–Kier alpha value is -2.99. The van der Waals surface area contributed by atoms with Crippen LogP contribution in [0, 0.1) is 12.8 Å². The van der Waals surface area contributed by atoms with Gasteiger partial charge in [-0.05, 0) is 42.0 Å². The number of nitrogens with zero attached hydrogens (tertiary/aromatic N) is 3. The highest BCUT2D eigenvalue weighted by atomic mass is 32.2. The molecule has 0 N–H and O–H groups in total. The van der Waals surface area contributed by atoms with Crippen molar-refractivity contribution in [3.05, 3.63) is 99.0 Å². The van der Waals surface area contributed by atoms with Gasteiger partial charge >= 0.3 is 0 Å². The molecule has 0 spiro atoms. The van der Waals surface area contributed by atoms with Crippen LogP contribution < -0.4 is 10.4 Å². The summed E-state index contributed by atoms with van der Waals surface area (Å²) >= 11 is 1.86. The molecule has 0 radical (unpaired) electrons. The van der Waals surface area contributed by atoms with Gasteiger partial charge in [0.25, 0.3) is 5.91 Å². The monoisotopic (exact) mass is 473 g/mol. The molecule has 2 aliphatic rings. The smallest absolute Gasteiger partial charge is 0.274 e. The first-order valence-electron chi connectivity index (χ1n) is 12.0. The summed E-state index contributed by atoms with van der Waals surface area (Å²) in [5, 5.41) is 2.28. The van der Waals surface area contributed by atoms with Crippen LogP contribution in [0.1, 0.15) is 66.0 Å². The highest BCUT2D eigenvalue weighted by Crippen LogP contribution is 2.42. The number of aromatic nitrogens is 1. The quantitative estimate of drug-likeness (QED) is 0.513. The average molecular weight is 474 g/mol. The first-order chi connectivity index (χ1) is 16.4. The summed E-state index contributed by atoms with van der Waals surface area (Å²) in [4.78, 5) is 29.7. The van der Waals surface area contributed by atoms with Gasteiger partial charge in [-0.2, -0.15) is 0 Å². The zero-order valence-corrected chi connectivity index (χ0v) is 21.0. The lowest BCUT2D eigenvalue weighted by molar-refractivity contribution is 0.0527. The fourth-order valence-corrected chi connectivity index (χ4v) is 6.55. The van der Waals surface area contributed by atoms with Gasteiger partial charge in [0.05, 0.1) is 6.04 Å². The second-order valence-corrected chi connectivity index (χ2v) is 10.5. The third-order valence-corrected chi connectivity index (χ3v) is 8.33. The Kier molecular flexibility index (Phi) is 6.02. The minimum absolute atomic E-state index is 0.0587. The van der Waals surface area contributed by atoms with Crippen molar-refractivity contribution in [2.24, 2.45) is 5.92 Å². The summed E-state index contributed by atoms with van der Waals surface area (Å²) in [5.74, 6) is 1.15. The molecule has 0 fully saturated rings. The highest BCUT2D eigenvalue weighted by Gasteiger charge is 2.40. The average Bonchev–Trinajstić information content (AvgIpc) is 3.00. The van der Waals surface area contributed by atoms with Gasteiger partial charge in [-0.3, -0.25) is 19.3 Å². The molecule has 0 bridgehead atoms. The summed E-state index contributed by atoms with van der Waals surface area (Å²) in [6, 6.07) is 18.8. The van der Waals surface area contributed by atoms with E-state index in [1.807, 2.05) is 21.3 Å². The van der Waals surface area contributed by atoms with Gasteiger partial charge in [-0.25, -0.2) is 0 Å². The Bertz CT molecular complexity index is 1250. The predicted octanol–water partition coefficient (Wildman–Crippen LogP) is 5.34. The number of thioether (sulfide) groups is 1. The van der Waals surface area contributed by atoms with Crippen LogP contribution in [0.3, 0.4) is 0 Å². The molecule has 2 aromatic carbocycles. The van der Waals surface area contributed by atoms with Gasteiger partial charge in [0.2, 0.25) is 0 Å². The minimum Gasteiger partial charge on any atom is -0.315 e. The van der Waals surface area contributed by atoms with Crippen molar-refractivity contribution >= 4 is 17.7 Å². The van der Waals surface area contributed by atoms with Gasteiger partial charge in [-0.15, -0.1) is 11.8 Å². The molecule has 5 nitrogen and oxygen atoms in total. The second-order valence-electron chi connectivity index (χ2n) is 9.50. The van der Waals surface area contributed by atoms with E-state index in [9.17, 15) is 9.59 Å². The SMILES string of the molecule is CC[C@@H](C(C)C)N1CN(C2c3ccccc3CSc3ccccc32)n2ccc(=O)c(C)c2C1=O. The van der Waals surface area contributed by atoms with Crippen LogP contribution in [0.15, 0.2) is 70.5 Å². The molecular weight excluding hydrogens is 442 g/mol. The predicted molar refractivity (Wildman–Crippen MR) is 138 cm³/mol. The van der Waals surface area contributed by atoms with E-state index < -0.39 is 0 Å². The summed E-state index contributed by atoms with van der Waals surface area (Å²) in [5.41, 5.74) is 4.65. The molecule has 176 valence electrons. The fraction of sp³-hybridized carbons (Fsp3) is 0.357. The van der Waals surface area contributed by atoms with Gasteiger partial charge in [0, 0.05) is 34.5 Å². The largest absolute Gasteiger partial charge is 0.315 e. The van der Waals surface area contributed by atoms with Crippen molar-refractivity contribution in [2.75, 3.05) is 11.7 Å². The van der Waals surface area contributed by atoms with Gasteiger partial charge in [0.1, 0.15) is 12.4 Å². The van der Waals surface area contributed by atoms with E-state index in [-0.39, 0.29) is 23.4 Å². The number of rotatable bonds is 4. The third kappa shape index (κ3) is 3.65. The number of fused-ring (bicyclic) bond motifs is 3. The molecule has 1 unspecified atom stereocenters. The van der Waals surface area contributed by atoms with Crippen molar-refractivity contribution in [3.8, 4) is 0 Å². The lowest BCUT2D eigenvalue weighted by Crippen LogP contribution is -2.59. The van der Waals surface area contributed by atoms with Crippen LogP contribution in [-0.2, 0) is 5.75 Å². The normalized spacial score (nSPS) is 18.3.